The molecule has 0 bridgehead atoms. The molecule has 0 amide bonds. The lowest BCUT2D eigenvalue weighted by Crippen LogP contribution is -2.46. The average molecular weight is 289 g/mol. The summed E-state index contributed by atoms with van der Waals surface area (Å²) in [7, 11) is 1.92. The third-order valence-electron chi connectivity index (χ3n) is 3.42. The molecule has 0 aromatic heterocycles. The van der Waals surface area contributed by atoms with Gasteiger partial charge in [-0.3, -0.25) is 0 Å². The Morgan fingerprint density at radius 2 is 2.20 bits per heavy atom. The molecule has 112 valence electrons. The van der Waals surface area contributed by atoms with E-state index in [2.05, 4.69) is 0 Å². The summed E-state index contributed by atoms with van der Waals surface area (Å²) in [6.45, 7) is 1.91. The van der Waals surface area contributed by atoms with Gasteiger partial charge in [0.2, 0.25) is 0 Å². The minimum absolute atomic E-state index is 0.155. The van der Waals surface area contributed by atoms with Crippen molar-refractivity contribution in [3.8, 4) is 0 Å². The standard InChI is InChI=1S/C14H18F3NO2/c1-18-5-6-20-13(9-18)12(19)8-10-3-2-4-11(7-10)14(15,16)17/h2-4,7,12-13,19H,5-6,8-9H2,1H3. The van der Waals surface area contributed by atoms with E-state index in [1.165, 1.54) is 6.07 Å². The van der Waals surface area contributed by atoms with E-state index >= 15 is 0 Å². The van der Waals surface area contributed by atoms with Crippen molar-refractivity contribution in [1.82, 2.24) is 4.90 Å². The molecular weight excluding hydrogens is 271 g/mol. The van der Waals surface area contributed by atoms with Crippen LogP contribution in [0, 0.1) is 0 Å². The van der Waals surface area contributed by atoms with Crippen molar-refractivity contribution in [2.75, 3.05) is 26.7 Å². The molecule has 6 heteroatoms. The van der Waals surface area contributed by atoms with Crippen LogP contribution in [-0.4, -0.2) is 49.0 Å². The Kier molecular flexibility index (Phi) is 4.67. The molecule has 20 heavy (non-hydrogen) atoms. The SMILES string of the molecule is CN1CCOC(C(O)Cc2cccc(C(F)(F)F)c2)C1. The lowest BCUT2D eigenvalue weighted by atomic mass is 10.0. The third kappa shape index (κ3) is 3.94. The van der Waals surface area contributed by atoms with Crippen molar-refractivity contribution in [1.29, 1.82) is 0 Å². The van der Waals surface area contributed by atoms with Gasteiger partial charge in [-0.1, -0.05) is 18.2 Å². The van der Waals surface area contributed by atoms with Gasteiger partial charge in [-0.2, -0.15) is 13.2 Å². The van der Waals surface area contributed by atoms with Crippen LogP contribution in [0.15, 0.2) is 24.3 Å². The number of ether oxygens (including phenoxy) is 1. The van der Waals surface area contributed by atoms with E-state index in [1.54, 1.807) is 6.07 Å². The second-order valence-electron chi connectivity index (χ2n) is 5.14. The van der Waals surface area contributed by atoms with E-state index in [4.69, 9.17) is 4.74 Å². The molecule has 0 radical (unpaired) electrons. The molecule has 0 aliphatic carbocycles. The second kappa shape index (κ2) is 6.11. The Hall–Kier alpha value is -1.11. The maximum atomic E-state index is 12.6. The summed E-state index contributed by atoms with van der Waals surface area (Å²) in [5, 5.41) is 10.1. The van der Waals surface area contributed by atoms with Crippen LogP contribution in [0.5, 0.6) is 0 Å². The van der Waals surface area contributed by atoms with Crippen LogP contribution in [0.3, 0.4) is 0 Å². The van der Waals surface area contributed by atoms with Crippen LogP contribution in [0.25, 0.3) is 0 Å². The number of alkyl halides is 3. The first kappa shape index (κ1) is 15.3. The maximum Gasteiger partial charge on any atom is 0.416 e. The fourth-order valence-corrected chi connectivity index (χ4v) is 2.29. The molecule has 0 saturated carbocycles. The van der Waals surface area contributed by atoms with Gasteiger partial charge in [-0.15, -0.1) is 0 Å². The fourth-order valence-electron chi connectivity index (χ4n) is 2.29. The first-order chi connectivity index (χ1) is 9.36. The molecule has 1 heterocycles. The van der Waals surface area contributed by atoms with Crippen LogP contribution in [0.2, 0.25) is 0 Å². The van der Waals surface area contributed by atoms with E-state index < -0.39 is 17.8 Å². The molecule has 1 aliphatic rings. The fraction of sp³-hybridized carbons (Fsp3) is 0.571. The zero-order chi connectivity index (χ0) is 14.8. The average Bonchev–Trinajstić information content (AvgIpc) is 2.38. The van der Waals surface area contributed by atoms with Crippen LogP contribution in [0.4, 0.5) is 13.2 Å². The third-order valence-corrected chi connectivity index (χ3v) is 3.42. The number of hydrogen-bond donors (Lipinski definition) is 1. The highest BCUT2D eigenvalue weighted by atomic mass is 19.4. The molecule has 1 aromatic rings. The molecular formula is C14H18F3NO2. The second-order valence-corrected chi connectivity index (χ2v) is 5.14. The zero-order valence-corrected chi connectivity index (χ0v) is 11.2. The number of morpholine rings is 1. The zero-order valence-electron chi connectivity index (χ0n) is 11.2. The van der Waals surface area contributed by atoms with Crippen molar-refractivity contribution in [2.45, 2.75) is 24.8 Å². The summed E-state index contributed by atoms with van der Waals surface area (Å²) in [6.07, 6.45) is -5.37. The van der Waals surface area contributed by atoms with E-state index in [0.717, 1.165) is 18.7 Å². The van der Waals surface area contributed by atoms with Crippen molar-refractivity contribution in [3.05, 3.63) is 35.4 Å². The van der Waals surface area contributed by atoms with Crippen molar-refractivity contribution in [3.63, 3.8) is 0 Å². The summed E-state index contributed by atoms with van der Waals surface area (Å²) < 4.78 is 43.3. The number of rotatable bonds is 3. The van der Waals surface area contributed by atoms with Gasteiger partial charge in [0.05, 0.1) is 24.4 Å². The van der Waals surface area contributed by atoms with Crippen LogP contribution >= 0.6 is 0 Å². The van der Waals surface area contributed by atoms with Gasteiger partial charge in [0.15, 0.2) is 0 Å². The predicted octanol–water partition coefficient (Wildman–Crippen LogP) is 1.94. The maximum absolute atomic E-state index is 12.6. The smallest absolute Gasteiger partial charge is 0.390 e. The largest absolute Gasteiger partial charge is 0.416 e. The Balaban J connectivity index is 2.02. The van der Waals surface area contributed by atoms with Crippen molar-refractivity contribution >= 4 is 0 Å². The van der Waals surface area contributed by atoms with Gasteiger partial charge in [-0.25, -0.2) is 0 Å². The normalized spacial score (nSPS) is 22.8. The minimum atomic E-state index is -4.36. The molecule has 1 saturated heterocycles. The first-order valence-electron chi connectivity index (χ1n) is 6.50. The number of aliphatic hydroxyl groups is 1. The lowest BCUT2D eigenvalue weighted by Gasteiger charge is -2.33. The van der Waals surface area contributed by atoms with Crippen molar-refractivity contribution < 1.29 is 23.0 Å². The summed E-state index contributed by atoms with van der Waals surface area (Å²) in [6, 6.07) is 5.06. The van der Waals surface area contributed by atoms with Gasteiger partial charge >= 0.3 is 6.18 Å². The van der Waals surface area contributed by atoms with E-state index in [-0.39, 0.29) is 12.5 Å². The number of likely N-dealkylation sites (N-methyl/N-ethyl adjacent to an activating group) is 1. The molecule has 1 N–H and O–H groups in total. The van der Waals surface area contributed by atoms with Crippen LogP contribution in [0.1, 0.15) is 11.1 Å². The highest BCUT2D eigenvalue weighted by Crippen LogP contribution is 2.29. The lowest BCUT2D eigenvalue weighted by molar-refractivity contribution is -0.137. The van der Waals surface area contributed by atoms with Gasteiger partial charge in [0.1, 0.15) is 0 Å². The predicted molar refractivity (Wildman–Crippen MR) is 68.4 cm³/mol. The molecule has 1 aliphatic heterocycles. The Labute approximate surface area is 116 Å². The van der Waals surface area contributed by atoms with Gasteiger partial charge in [0, 0.05) is 19.5 Å². The first-order valence-corrected chi connectivity index (χ1v) is 6.50. The number of benzene rings is 1. The van der Waals surface area contributed by atoms with Gasteiger partial charge in [0.25, 0.3) is 0 Å². The quantitative estimate of drug-likeness (QED) is 0.923. The van der Waals surface area contributed by atoms with Gasteiger partial charge < -0.3 is 14.7 Å². The van der Waals surface area contributed by atoms with E-state index in [1.807, 2.05) is 11.9 Å². The highest BCUT2D eigenvalue weighted by molar-refractivity contribution is 5.26. The Morgan fingerprint density at radius 1 is 1.45 bits per heavy atom. The molecule has 0 spiro atoms. The topological polar surface area (TPSA) is 32.7 Å². The molecule has 1 aromatic carbocycles. The molecule has 2 atom stereocenters. The van der Waals surface area contributed by atoms with Gasteiger partial charge in [-0.05, 0) is 18.7 Å². The molecule has 2 rings (SSSR count). The number of aliphatic hydroxyl groups excluding tert-OH is 1. The summed E-state index contributed by atoms with van der Waals surface area (Å²) in [5.74, 6) is 0. The van der Waals surface area contributed by atoms with Crippen molar-refractivity contribution in [2.24, 2.45) is 0 Å². The highest BCUT2D eigenvalue weighted by Gasteiger charge is 2.31. The number of nitrogens with zero attached hydrogens (tertiary/aromatic N) is 1. The molecule has 3 nitrogen and oxygen atoms in total. The Morgan fingerprint density at radius 3 is 2.85 bits per heavy atom. The van der Waals surface area contributed by atoms with Crippen LogP contribution in [-0.2, 0) is 17.3 Å². The Bertz CT molecular complexity index is 450. The number of halogens is 3. The molecule has 2 unspecified atom stereocenters. The number of hydrogen-bond acceptors (Lipinski definition) is 3. The van der Waals surface area contributed by atoms with E-state index in [0.29, 0.717) is 18.7 Å². The van der Waals surface area contributed by atoms with Crippen LogP contribution < -0.4 is 0 Å². The summed E-state index contributed by atoms with van der Waals surface area (Å²) >= 11 is 0. The summed E-state index contributed by atoms with van der Waals surface area (Å²) in [4.78, 5) is 2.03. The molecule has 1 fully saturated rings. The summed E-state index contributed by atoms with van der Waals surface area (Å²) in [5.41, 5.74) is -0.229. The monoisotopic (exact) mass is 289 g/mol. The van der Waals surface area contributed by atoms with E-state index in [9.17, 15) is 18.3 Å². The minimum Gasteiger partial charge on any atom is -0.390 e.